The second-order valence-corrected chi connectivity index (χ2v) is 5.35. The summed E-state index contributed by atoms with van der Waals surface area (Å²) in [6.07, 6.45) is 9.95. The Hall–Kier alpha value is -1.65. The van der Waals surface area contributed by atoms with Crippen molar-refractivity contribution >= 4 is 17.4 Å². The first kappa shape index (κ1) is 12.4. The highest BCUT2D eigenvalue weighted by Gasteiger charge is 2.40. The minimum absolute atomic E-state index is 0.0936. The van der Waals surface area contributed by atoms with Gasteiger partial charge in [0.1, 0.15) is 11.7 Å². The van der Waals surface area contributed by atoms with Gasteiger partial charge in [0.05, 0.1) is 6.20 Å². The van der Waals surface area contributed by atoms with E-state index in [0.717, 1.165) is 30.8 Å². The van der Waals surface area contributed by atoms with Crippen LogP contribution in [0.25, 0.3) is 0 Å². The van der Waals surface area contributed by atoms with Gasteiger partial charge in [-0.3, -0.25) is 4.79 Å². The monoisotopic (exact) mass is 259 g/mol. The number of hydrogen-bond donors (Lipinski definition) is 0. The molecule has 19 heavy (non-hydrogen) atoms. The van der Waals surface area contributed by atoms with Crippen molar-refractivity contribution in [3.05, 3.63) is 12.5 Å². The molecular formula is C14H19N4O. The van der Waals surface area contributed by atoms with Gasteiger partial charge in [0.2, 0.25) is 5.91 Å². The van der Waals surface area contributed by atoms with Gasteiger partial charge in [-0.25, -0.2) is 9.97 Å². The van der Waals surface area contributed by atoms with Crippen molar-refractivity contribution in [1.82, 2.24) is 9.97 Å². The van der Waals surface area contributed by atoms with E-state index in [1.165, 1.54) is 12.8 Å². The molecule has 1 unspecified atom stereocenters. The van der Waals surface area contributed by atoms with Gasteiger partial charge in [0.15, 0.2) is 12.1 Å². The minimum Gasteiger partial charge on any atom is -0.340 e. The highest BCUT2D eigenvalue weighted by atomic mass is 16.2. The van der Waals surface area contributed by atoms with Gasteiger partial charge in [-0.2, -0.15) is 0 Å². The third-order valence-corrected chi connectivity index (χ3v) is 4.29. The highest BCUT2D eigenvalue weighted by molar-refractivity contribution is 6.04. The van der Waals surface area contributed by atoms with E-state index < -0.39 is 0 Å². The Balaban J connectivity index is 2.07. The quantitative estimate of drug-likeness (QED) is 0.812. The van der Waals surface area contributed by atoms with Crippen LogP contribution in [0.4, 0.5) is 11.5 Å². The van der Waals surface area contributed by atoms with E-state index in [4.69, 9.17) is 0 Å². The van der Waals surface area contributed by atoms with Crippen LogP contribution in [0, 0.1) is 6.33 Å². The van der Waals surface area contributed by atoms with Crippen LogP contribution in [0.1, 0.15) is 39.0 Å². The smallest absolute Gasteiger partial charge is 0.249 e. The van der Waals surface area contributed by atoms with Crippen LogP contribution in [-0.2, 0) is 4.79 Å². The van der Waals surface area contributed by atoms with Gasteiger partial charge in [-0.15, -0.1) is 0 Å². The fraction of sp³-hybridized carbons (Fsp3) is 0.643. The van der Waals surface area contributed by atoms with Crippen LogP contribution in [-0.4, -0.2) is 35.0 Å². The zero-order valence-corrected chi connectivity index (χ0v) is 11.5. The van der Waals surface area contributed by atoms with Crippen LogP contribution in [0.3, 0.4) is 0 Å². The molecule has 0 N–H and O–H groups in total. The van der Waals surface area contributed by atoms with E-state index >= 15 is 0 Å². The number of hydrogen-bond acceptors (Lipinski definition) is 4. The molecule has 1 aromatic rings. The summed E-state index contributed by atoms with van der Waals surface area (Å²) in [5.74, 6) is 1.02. The van der Waals surface area contributed by atoms with Crippen LogP contribution < -0.4 is 9.80 Å². The SMILES string of the molecule is CCC1C(=O)N(C)c2cn[c]nc2N1C1CCCC1. The molecule has 1 atom stereocenters. The van der Waals surface area contributed by atoms with Crippen LogP contribution >= 0.6 is 0 Å². The Labute approximate surface area is 113 Å². The van der Waals surface area contributed by atoms with E-state index in [1.807, 2.05) is 0 Å². The lowest BCUT2D eigenvalue weighted by molar-refractivity contribution is -0.120. The molecule has 2 aliphatic rings. The predicted octanol–water partition coefficient (Wildman–Crippen LogP) is 1.78. The molecule has 1 radical (unpaired) electrons. The molecule has 2 heterocycles. The molecule has 1 aliphatic carbocycles. The Morgan fingerprint density at radius 2 is 2.16 bits per heavy atom. The third kappa shape index (κ3) is 1.88. The van der Waals surface area contributed by atoms with Gasteiger partial charge in [-0.05, 0) is 19.3 Å². The summed E-state index contributed by atoms with van der Waals surface area (Å²) in [5, 5.41) is 0. The largest absolute Gasteiger partial charge is 0.340 e. The van der Waals surface area contributed by atoms with Crippen molar-refractivity contribution < 1.29 is 4.79 Å². The van der Waals surface area contributed by atoms with Gasteiger partial charge in [-0.1, -0.05) is 19.8 Å². The molecule has 5 heteroatoms. The summed E-state index contributed by atoms with van der Waals surface area (Å²) in [4.78, 5) is 24.7. The molecule has 3 rings (SSSR count). The molecule has 1 aliphatic heterocycles. The first-order chi connectivity index (χ1) is 9.24. The second kappa shape index (κ2) is 4.79. The van der Waals surface area contributed by atoms with Crippen molar-refractivity contribution in [2.45, 2.75) is 51.1 Å². The van der Waals surface area contributed by atoms with Gasteiger partial charge in [0, 0.05) is 13.1 Å². The number of aromatic nitrogens is 2. The Morgan fingerprint density at radius 1 is 1.42 bits per heavy atom. The zero-order chi connectivity index (χ0) is 13.4. The lowest BCUT2D eigenvalue weighted by Crippen LogP contribution is -2.55. The molecular weight excluding hydrogens is 240 g/mol. The number of amides is 1. The topological polar surface area (TPSA) is 49.3 Å². The first-order valence-corrected chi connectivity index (χ1v) is 7.03. The summed E-state index contributed by atoms with van der Waals surface area (Å²) in [6, 6.07) is 0.341. The summed E-state index contributed by atoms with van der Waals surface area (Å²) >= 11 is 0. The molecule has 0 saturated heterocycles. The molecule has 0 spiro atoms. The second-order valence-electron chi connectivity index (χ2n) is 5.35. The highest BCUT2D eigenvalue weighted by Crippen LogP contribution is 2.38. The first-order valence-electron chi connectivity index (χ1n) is 7.03. The molecule has 0 aromatic carbocycles. The maximum atomic E-state index is 12.5. The summed E-state index contributed by atoms with van der Waals surface area (Å²) in [5.41, 5.74) is 0.806. The van der Waals surface area contributed by atoms with Crippen molar-refractivity contribution in [3.8, 4) is 0 Å². The molecule has 101 valence electrons. The maximum absolute atomic E-state index is 12.5. The molecule has 0 bridgehead atoms. The standard InChI is InChI=1S/C14H19N4O/c1-3-11-14(19)17(2)12-8-15-9-16-13(12)18(11)10-6-4-5-7-10/h8,10-11H,3-7H2,1-2H3. The number of rotatable bonds is 2. The van der Waals surface area contributed by atoms with E-state index in [9.17, 15) is 4.79 Å². The van der Waals surface area contributed by atoms with Crippen molar-refractivity contribution in [3.63, 3.8) is 0 Å². The third-order valence-electron chi connectivity index (χ3n) is 4.29. The maximum Gasteiger partial charge on any atom is 0.249 e. The fourth-order valence-corrected chi connectivity index (χ4v) is 3.30. The minimum atomic E-state index is -0.0936. The Morgan fingerprint density at radius 3 is 2.84 bits per heavy atom. The average Bonchev–Trinajstić information content (AvgIpc) is 2.96. The fourth-order valence-electron chi connectivity index (χ4n) is 3.30. The number of carbonyl (C=O) groups is 1. The number of fused-ring (bicyclic) bond motifs is 1. The van der Waals surface area contributed by atoms with Crippen LogP contribution in [0.2, 0.25) is 0 Å². The molecule has 1 aromatic heterocycles. The van der Waals surface area contributed by atoms with Gasteiger partial charge < -0.3 is 9.80 Å². The summed E-state index contributed by atoms with van der Waals surface area (Å²) in [6.45, 7) is 2.06. The lowest BCUT2D eigenvalue weighted by Gasteiger charge is -2.43. The predicted molar refractivity (Wildman–Crippen MR) is 73.1 cm³/mol. The van der Waals surface area contributed by atoms with E-state index in [2.05, 4.69) is 28.1 Å². The number of nitrogens with zero attached hydrogens (tertiary/aromatic N) is 4. The number of carbonyl (C=O) groups excluding carboxylic acids is 1. The summed E-state index contributed by atoms with van der Waals surface area (Å²) < 4.78 is 0. The average molecular weight is 259 g/mol. The van der Waals surface area contributed by atoms with Crippen molar-refractivity contribution in [2.24, 2.45) is 0 Å². The van der Waals surface area contributed by atoms with E-state index in [0.29, 0.717) is 6.04 Å². The van der Waals surface area contributed by atoms with E-state index in [-0.39, 0.29) is 11.9 Å². The van der Waals surface area contributed by atoms with Gasteiger partial charge in [0.25, 0.3) is 0 Å². The van der Waals surface area contributed by atoms with Crippen molar-refractivity contribution in [1.29, 1.82) is 0 Å². The van der Waals surface area contributed by atoms with E-state index in [1.54, 1.807) is 18.1 Å². The Kier molecular flexibility index (Phi) is 3.12. The van der Waals surface area contributed by atoms with Crippen LogP contribution in [0.15, 0.2) is 6.20 Å². The van der Waals surface area contributed by atoms with Gasteiger partial charge >= 0.3 is 0 Å². The normalized spacial score (nSPS) is 23.9. The molecule has 5 nitrogen and oxygen atoms in total. The van der Waals surface area contributed by atoms with Crippen molar-refractivity contribution in [2.75, 3.05) is 16.8 Å². The number of likely N-dealkylation sites (N-methyl/N-ethyl adjacent to an activating group) is 1. The molecule has 1 fully saturated rings. The lowest BCUT2D eigenvalue weighted by atomic mass is 10.0. The zero-order valence-electron chi connectivity index (χ0n) is 11.5. The molecule has 1 saturated carbocycles. The molecule has 1 amide bonds. The summed E-state index contributed by atoms with van der Waals surface area (Å²) in [7, 11) is 1.80. The number of anilines is 2. The Bertz CT molecular complexity index is 484. The van der Waals surface area contributed by atoms with Crippen LogP contribution in [0.5, 0.6) is 0 Å².